The zero-order valence-corrected chi connectivity index (χ0v) is 5.52. The Morgan fingerprint density at radius 1 is 0.714 bits per heavy atom. The van der Waals surface area contributed by atoms with Crippen molar-refractivity contribution in [3.8, 4) is 0 Å². The van der Waals surface area contributed by atoms with Crippen LogP contribution < -0.4 is 10.2 Å². The van der Waals surface area contributed by atoms with Gasteiger partial charge in [0.25, 0.3) is 0 Å². The summed E-state index contributed by atoms with van der Waals surface area (Å²) in [6, 6.07) is 0. The first-order valence-corrected chi connectivity index (χ1v) is 0.816. The molecule has 0 fully saturated rings. The fraction of sp³-hybridized carbons (Fsp3) is 0.500. The Balaban J connectivity index is -0.00000000267. The molecule has 0 radical (unpaired) electrons. The molecule has 0 unspecified atom stereocenters. The van der Waals surface area contributed by atoms with Crippen LogP contribution in [0.4, 0.5) is 0 Å². The summed E-state index contributed by atoms with van der Waals surface area (Å²) in [7, 11) is 1.50. The smallest absolute Gasteiger partial charge is 0.857 e. The molecule has 0 amide bonds. The van der Waals surface area contributed by atoms with E-state index in [4.69, 9.17) is 10.2 Å². The summed E-state index contributed by atoms with van der Waals surface area (Å²) >= 11 is 0. The van der Waals surface area contributed by atoms with Crippen LogP contribution in [0.25, 0.3) is 0 Å². The van der Waals surface area contributed by atoms with Crippen molar-refractivity contribution in [2.45, 2.75) is 0 Å². The van der Waals surface area contributed by atoms with Crippen LogP contribution in [0.3, 0.4) is 0 Å². The molecule has 0 aliphatic rings. The third-order valence-corrected chi connectivity index (χ3v) is 0. The zero-order valence-electron chi connectivity index (χ0n) is 5.52. The normalized spacial score (nSPS) is 1.71. The van der Waals surface area contributed by atoms with E-state index in [2.05, 4.69) is 0 Å². The van der Waals surface area contributed by atoms with Crippen molar-refractivity contribution in [1.82, 2.24) is 0 Å². The first-order chi connectivity index (χ1) is 2.00. The molecule has 44 valence electrons. The maximum absolute atomic E-state index is 8.25. The summed E-state index contributed by atoms with van der Waals surface area (Å²) in [5, 5.41) is 16.5. The standard InChI is InChI=1S/2CH3O.2CH3.Be/c2*1-2;;;/h2*1H3;2*1H3;/q4*-1;+2. The Labute approximate surface area is 50.4 Å². The number of hydrogen-bond donors (Lipinski definition) is 0. The molecule has 2 nitrogen and oxygen atoms in total. The van der Waals surface area contributed by atoms with Crippen LogP contribution in [0.15, 0.2) is 0 Å². The summed E-state index contributed by atoms with van der Waals surface area (Å²) in [5.74, 6) is 0. The van der Waals surface area contributed by atoms with E-state index >= 15 is 0 Å². The molecule has 0 bridgehead atoms. The van der Waals surface area contributed by atoms with Crippen molar-refractivity contribution in [3.05, 3.63) is 14.9 Å². The van der Waals surface area contributed by atoms with E-state index in [9.17, 15) is 0 Å². The van der Waals surface area contributed by atoms with Crippen molar-refractivity contribution < 1.29 is 10.2 Å². The summed E-state index contributed by atoms with van der Waals surface area (Å²) in [4.78, 5) is 0. The third-order valence-electron chi connectivity index (χ3n) is 0. The first-order valence-electron chi connectivity index (χ1n) is 0.816. The Hall–Kier alpha value is 0.0888. The SMILES string of the molecule is C[O-].C[O-].[Be+2].[CH3-].[CH3-]. The summed E-state index contributed by atoms with van der Waals surface area (Å²) in [5.41, 5.74) is 0. The zero-order chi connectivity index (χ0) is 4.00. The largest absolute Gasteiger partial charge is 2.00 e. The van der Waals surface area contributed by atoms with Gasteiger partial charge in [-0.2, -0.15) is 14.2 Å². The second-order valence-electron chi connectivity index (χ2n) is 0. The van der Waals surface area contributed by atoms with E-state index in [1.165, 1.54) is 0 Å². The van der Waals surface area contributed by atoms with E-state index in [1.807, 2.05) is 0 Å². The quantitative estimate of drug-likeness (QED) is 0.274. The van der Waals surface area contributed by atoms with E-state index in [0.29, 0.717) is 0 Å². The molecule has 0 aromatic carbocycles. The molecule has 0 aliphatic heterocycles. The van der Waals surface area contributed by atoms with Gasteiger partial charge < -0.3 is 25.1 Å². The molecule has 0 N–H and O–H groups in total. The van der Waals surface area contributed by atoms with Gasteiger partial charge in [-0.25, -0.2) is 0 Å². The Kier molecular flexibility index (Phi) is 172000. The second-order valence-corrected chi connectivity index (χ2v) is 0. The number of rotatable bonds is 0. The van der Waals surface area contributed by atoms with E-state index in [0.717, 1.165) is 14.2 Å². The van der Waals surface area contributed by atoms with Crippen LogP contribution in [-0.4, -0.2) is 24.3 Å². The maximum atomic E-state index is 8.25. The van der Waals surface area contributed by atoms with Gasteiger partial charge in [-0.15, -0.1) is 0 Å². The van der Waals surface area contributed by atoms with Gasteiger partial charge in [0.05, 0.1) is 0 Å². The predicted molar refractivity (Wildman–Crippen MR) is 30.4 cm³/mol. The monoisotopic (exact) mass is 101 g/mol. The molecule has 7 heavy (non-hydrogen) atoms. The van der Waals surface area contributed by atoms with Crippen molar-refractivity contribution in [2.24, 2.45) is 0 Å². The van der Waals surface area contributed by atoms with E-state index in [-0.39, 0.29) is 25.0 Å². The second kappa shape index (κ2) is 20000. The Morgan fingerprint density at radius 3 is 0.714 bits per heavy atom. The van der Waals surface area contributed by atoms with Crippen LogP contribution in [0, 0.1) is 14.9 Å². The Bertz CT molecular complexity index is 9.65. The molecular weight excluding hydrogens is 89.1 g/mol. The van der Waals surface area contributed by atoms with Gasteiger partial charge in [0.2, 0.25) is 0 Å². The fourth-order valence-corrected chi connectivity index (χ4v) is 0. The predicted octanol–water partition coefficient (Wildman–Crippen LogP) is -1.53. The molecule has 0 saturated carbocycles. The minimum absolute atomic E-state index is 0. The van der Waals surface area contributed by atoms with Crippen molar-refractivity contribution >= 4 is 10.1 Å². The summed E-state index contributed by atoms with van der Waals surface area (Å²) < 4.78 is 0. The van der Waals surface area contributed by atoms with Crippen molar-refractivity contribution in [1.29, 1.82) is 0 Å². The first kappa shape index (κ1) is 60.2. The van der Waals surface area contributed by atoms with Crippen LogP contribution in [-0.2, 0) is 0 Å². The molecular formula is C4H12BeO2-2. The molecule has 0 saturated heterocycles. The van der Waals surface area contributed by atoms with E-state index in [1.54, 1.807) is 0 Å². The molecule has 0 atom stereocenters. The fourth-order valence-electron chi connectivity index (χ4n) is 0. The van der Waals surface area contributed by atoms with Gasteiger partial charge in [-0.1, -0.05) is 0 Å². The van der Waals surface area contributed by atoms with Crippen LogP contribution in [0.1, 0.15) is 0 Å². The van der Waals surface area contributed by atoms with Gasteiger partial charge in [-0.3, -0.25) is 0 Å². The average molecular weight is 101 g/mol. The minimum atomic E-state index is 0. The summed E-state index contributed by atoms with van der Waals surface area (Å²) in [6.45, 7) is 0. The molecule has 3 heteroatoms. The molecule has 0 spiro atoms. The van der Waals surface area contributed by atoms with Gasteiger partial charge >= 0.3 is 10.1 Å². The van der Waals surface area contributed by atoms with Gasteiger partial charge in [0.1, 0.15) is 0 Å². The van der Waals surface area contributed by atoms with Crippen LogP contribution >= 0.6 is 0 Å². The molecule has 0 aliphatic carbocycles. The summed E-state index contributed by atoms with van der Waals surface area (Å²) in [6.07, 6.45) is 0. The third kappa shape index (κ3) is 12900. The topological polar surface area (TPSA) is 46.1 Å². The van der Waals surface area contributed by atoms with Gasteiger partial charge in [-0.05, 0) is 0 Å². The van der Waals surface area contributed by atoms with Gasteiger partial charge in [0.15, 0.2) is 0 Å². The van der Waals surface area contributed by atoms with Crippen molar-refractivity contribution in [2.75, 3.05) is 14.2 Å². The molecule has 0 aromatic heterocycles. The average Bonchev–Trinajstić information content (AvgIpc) is 1.50. The minimum Gasteiger partial charge on any atom is -0.857 e. The van der Waals surface area contributed by atoms with Crippen molar-refractivity contribution in [3.63, 3.8) is 0 Å². The van der Waals surface area contributed by atoms with E-state index < -0.39 is 0 Å². The van der Waals surface area contributed by atoms with Crippen LogP contribution in [0.2, 0.25) is 0 Å². The Morgan fingerprint density at radius 2 is 0.714 bits per heavy atom. The molecule has 0 rings (SSSR count). The molecule has 0 heterocycles. The molecule has 0 aromatic rings. The maximum Gasteiger partial charge on any atom is 2.00 e. The number of hydrogen-bond acceptors (Lipinski definition) is 2. The van der Waals surface area contributed by atoms with Gasteiger partial charge in [0, 0.05) is 0 Å². The van der Waals surface area contributed by atoms with Crippen LogP contribution in [0.5, 0.6) is 0 Å².